The number of halogens is 1. The number of carbonyl (C=O) groups excluding carboxylic acids is 1. The van der Waals surface area contributed by atoms with Gasteiger partial charge in [-0.3, -0.25) is 4.79 Å². The maximum Gasteiger partial charge on any atom is 0.246 e. The van der Waals surface area contributed by atoms with E-state index in [4.69, 9.17) is 11.6 Å². The zero-order valence-corrected chi connectivity index (χ0v) is 9.97. The van der Waals surface area contributed by atoms with Crippen molar-refractivity contribution in [3.05, 3.63) is 23.2 Å². The summed E-state index contributed by atoms with van der Waals surface area (Å²) < 4.78 is 0. The topological polar surface area (TPSA) is 41.1 Å². The first-order valence-electron chi connectivity index (χ1n) is 5.58. The SMILES string of the molecule is CCCCC1Nc2c(Cl)cccc2NC1=O. The molecule has 0 spiro atoms. The molecule has 0 saturated heterocycles. The molecule has 0 fully saturated rings. The highest BCUT2D eigenvalue weighted by Crippen LogP contribution is 2.34. The van der Waals surface area contributed by atoms with Gasteiger partial charge < -0.3 is 10.6 Å². The van der Waals surface area contributed by atoms with Gasteiger partial charge in [0.15, 0.2) is 0 Å². The molecule has 0 aliphatic carbocycles. The minimum Gasteiger partial charge on any atom is -0.371 e. The van der Waals surface area contributed by atoms with Gasteiger partial charge in [0, 0.05) is 0 Å². The maximum absolute atomic E-state index is 11.8. The number of amides is 1. The molecule has 1 aliphatic rings. The van der Waals surface area contributed by atoms with Gasteiger partial charge >= 0.3 is 0 Å². The van der Waals surface area contributed by atoms with E-state index in [9.17, 15) is 4.79 Å². The van der Waals surface area contributed by atoms with Crippen LogP contribution in [-0.2, 0) is 4.79 Å². The summed E-state index contributed by atoms with van der Waals surface area (Å²) in [5, 5.41) is 6.73. The number of nitrogens with one attached hydrogen (secondary N) is 2. The Morgan fingerprint density at radius 1 is 1.44 bits per heavy atom. The summed E-state index contributed by atoms with van der Waals surface area (Å²) >= 11 is 6.08. The average molecular weight is 239 g/mol. The van der Waals surface area contributed by atoms with Crippen LogP contribution in [0.3, 0.4) is 0 Å². The summed E-state index contributed by atoms with van der Waals surface area (Å²) in [7, 11) is 0. The molecule has 1 atom stereocenters. The Labute approximate surface area is 100 Å². The number of hydrogen-bond acceptors (Lipinski definition) is 2. The van der Waals surface area contributed by atoms with Crippen molar-refractivity contribution in [1.29, 1.82) is 0 Å². The molecule has 1 amide bonds. The van der Waals surface area contributed by atoms with E-state index in [2.05, 4.69) is 17.6 Å². The van der Waals surface area contributed by atoms with E-state index < -0.39 is 0 Å². The largest absolute Gasteiger partial charge is 0.371 e. The lowest BCUT2D eigenvalue weighted by Gasteiger charge is -2.27. The molecule has 2 N–H and O–H groups in total. The lowest BCUT2D eigenvalue weighted by Crippen LogP contribution is -2.38. The highest BCUT2D eigenvalue weighted by molar-refractivity contribution is 6.34. The summed E-state index contributed by atoms with van der Waals surface area (Å²) in [4.78, 5) is 11.8. The number of anilines is 2. The third-order valence-corrected chi connectivity index (χ3v) is 3.07. The first-order valence-corrected chi connectivity index (χ1v) is 5.96. The Bertz CT molecular complexity index is 406. The fourth-order valence-corrected chi connectivity index (χ4v) is 2.08. The van der Waals surface area contributed by atoms with E-state index in [0.717, 1.165) is 30.6 Å². The molecule has 0 saturated carbocycles. The molecule has 0 aromatic heterocycles. The van der Waals surface area contributed by atoms with Gasteiger partial charge in [-0.2, -0.15) is 0 Å². The summed E-state index contributed by atoms with van der Waals surface area (Å²) in [6.07, 6.45) is 2.96. The smallest absolute Gasteiger partial charge is 0.246 e. The molecule has 4 heteroatoms. The monoisotopic (exact) mass is 238 g/mol. The lowest BCUT2D eigenvalue weighted by molar-refractivity contribution is -0.117. The Balaban J connectivity index is 2.20. The molecule has 1 aliphatic heterocycles. The van der Waals surface area contributed by atoms with Gasteiger partial charge in [0.1, 0.15) is 6.04 Å². The van der Waals surface area contributed by atoms with Crippen molar-refractivity contribution in [3.8, 4) is 0 Å². The van der Waals surface area contributed by atoms with E-state index in [1.165, 1.54) is 0 Å². The Morgan fingerprint density at radius 3 is 3.00 bits per heavy atom. The first kappa shape index (κ1) is 11.3. The maximum atomic E-state index is 11.8. The van der Waals surface area contributed by atoms with E-state index >= 15 is 0 Å². The second-order valence-corrected chi connectivity index (χ2v) is 4.40. The van der Waals surface area contributed by atoms with Crippen LogP contribution in [0.2, 0.25) is 5.02 Å². The molecule has 1 heterocycles. The second-order valence-electron chi connectivity index (χ2n) is 3.99. The predicted molar refractivity (Wildman–Crippen MR) is 67.0 cm³/mol. The van der Waals surface area contributed by atoms with Crippen LogP contribution in [0.15, 0.2) is 18.2 Å². The molecule has 0 bridgehead atoms. The van der Waals surface area contributed by atoms with Crippen molar-refractivity contribution in [2.24, 2.45) is 0 Å². The molecule has 3 nitrogen and oxygen atoms in total. The fourth-order valence-electron chi connectivity index (χ4n) is 1.85. The summed E-state index contributed by atoms with van der Waals surface area (Å²) in [5.74, 6) is 0.0308. The van der Waals surface area contributed by atoms with Gasteiger partial charge in [-0.25, -0.2) is 0 Å². The zero-order chi connectivity index (χ0) is 11.5. The van der Waals surface area contributed by atoms with Crippen LogP contribution in [0.4, 0.5) is 11.4 Å². The van der Waals surface area contributed by atoms with Crippen LogP contribution in [-0.4, -0.2) is 11.9 Å². The minimum atomic E-state index is -0.160. The van der Waals surface area contributed by atoms with Gasteiger partial charge in [0.05, 0.1) is 16.4 Å². The predicted octanol–water partition coefficient (Wildman–Crippen LogP) is 3.26. The van der Waals surface area contributed by atoms with Crippen LogP contribution in [0, 0.1) is 0 Å². The van der Waals surface area contributed by atoms with Gasteiger partial charge in [0.2, 0.25) is 5.91 Å². The van der Waals surface area contributed by atoms with Gasteiger partial charge in [0.25, 0.3) is 0 Å². The van der Waals surface area contributed by atoms with Crippen molar-refractivity contribution in [3.63, 3.8) is 0 Å². The van der Waals surface area contributed by atoms with E-state index in [1.54, 1.807) is 0 Å². The summed E-state index contributed by atoms with van der Waals surface area (Å²) in [6.45, 7) is 2.11. The molecule has 1 unspecified atom stereocenters. The minimum absolute atomic E-state index is 0.0308. The van der Waals surface area contributed by atoms with Crippen molar-refractivity contribution < 1.29 is 4.79 Å². The fraction of sp³-hybridized carbons (Fsp3) is 0.417. The van der Waals surface area contributed by atoms with Crippen LogP contribution in [0.1, 0.15) is 26.2 Å². The van der Waals surface area contributed by atoms with Crippen LogP contribution in [0.5, 0.6) is 0 Å². The third-order valence-electron chi connectivity index (χ3n) is 2.75. The molecule has 2 rings (SSSR count). The number of hydrogen-bond donors (Lipinski definition) is 2. The number of para-hydroxylation sites is 1. The molecule has 1 aromatic carbocycles. The molecular weight excluding hydrogens is 224 g/mol. The molecule has 0 radical (unpaired) electrons. The molecule has 16 heavy (non-hydrogen) atoms. The molecule has 86 valence electrons. The lowest BCUT2D eigenvalue weighted by atomic mass is 10.1. The highest BCUT2D eigenvalue weighted by Gasteiger charge is 2.25. The standard InChI is InChI=1S/C12H15ClN2O/c1-2-3-6-10-12(16)15-9-7-4-5-8(13)11(9)14-10/h4-5,7,10,14H,2-3,6H2,1H3,(H,15,16). The van der Waals surface area contributed by atoms with Crippen molar-refractivity contribution in [2.75, 3.05) is 10.6 Å². The van der Waals surface area contributed by atoms with Crippen molar-refractivity contribution in [1.82, 2.24) is 0 Å². The summed E-state index contributed by atoms with van der Waals surface area (Å²) in [6, 6.07) is 5.34. The number of fused-ring (bicyclic) bond motifs is 1. The number of rotatable bonds is 3. The number of carbonyl (C=O) groups is 1. The van der Waals surface area contributed by atoms with E-state index in [0.29, 0.717) is 5.02 Å². The Kier molecular flexibility index (Phi) is 3.34. The molecular formula is C12H15ClN2O. The van der Waals surface area contributed by atoms with Crippen LogP contribution in [0.25, 0.3) is 0 Å². The van der Waals surface area contributed by atoms with Crippen LogP contribution < -0.4 is 10.6 Å². The summed E-state index contributed by atoms with van der Waals surface area (Å²) in [5.41, 5.74) is 1.61. The average Bonchev–Trinajstić information content (AvgIpc) is 2.27. The van der Waals surface area contributed by atoms with Crippen molar-refractivity contribution in [2.45, 2.75) is 32.2 Å². The third kappa shape index (κ3) is 2.14. The van der Waals surface area contributed by atoms with Gasteiger partial charge in [-0.05, 0) is 18.6 Å². The first-order chi connectivity index (χ1) is 7.72. The number of benzene rings is 1. The normalized spacial score (nSPS) is 18.6. The quantitative estimate of drug-likeness (QED) is 0.849. The van der Waals surface area contributed by atoms with E-state index in [-0.39, 0.29) is 11.9 Å². The second kappa shape index (κ2) is 4.74. The highest BCUT2D eigenvalue weighted by atomic mass is 35.5. The van der Waals surface area contributed by atoms with Gasteiger partial charge in [-0.15, -0.1) is 0 Å². The Hall–Kier alpha value is -1.22. The van der Waals surface area contributed by atoms with E-state index in [1.807, 2.05) is 18.2 Å². The zero-order valence-electron chi connectivity index (χ0n) is 9.22. The number of unbranched alkanes of at least 4 members (excludes halogenated alkanes) is 1. The van der Waals surface area contributed by atoms with Crippen molar-refractivity contribution >= 4 is 28.9 Å². The van der Waals surface area contributed by atoms with Crippen LogP contribution >= 0.6 is 11.6 Å². The Morgan fingerprint density at radius 2 is 2.25 bits per heavy atom. The van der Waals surface area contributed by atoms with Gasteiger partial charge in [-0.1, -0.05) is 37.4 Å². The molecule has 1 aromatic rings.